The van der Waals surface area contributed by atoms with Gasteiger partial charge in [0, 0.05) is 24.3 Å². The van der Waals surface area contributed by atoms with Crippen LogP contribution >= 0.6 is 0 Å². The Morgan fingerprint density at radius 3 is 2.53 bits per heavy atom. The van der Waals surface area contributed by atoms with Crippen molar-refractivity contribution in [3.63, 3.8) is 0 Å². The Bertz CT molecular complexity index is 345. The molecule has 2 N–H and O–H groups in total. The van der Waals surface area contributed by atoms with Crippen molar-refractivity contribution in [2.45, 2.75) is 25.6 Å². The maximum atomic E-state index is 13.2. The first-order valence-corrected chi connectivity index (χ1v) is 5.07. The largest absolute Gasteiger partial charge is 0.398 e. The van der Waals surface area contributed by atoms with Crippen LogP contribution in [0.5, 0.6) is 0 Å². The summed E-state index contributed by atoms with van der Waals surface area (Å²) in [7, 11) is 0. The Labute approximate surface area is 96.4 Å². The van der Waals surface area contributed by atoms with Gasteiger partial charge >= 0.3 is 6.18 Å². The van der Waals surface area contributed by atoms with Gasteiger partial charge < -0.3 is 10.5 Å². The summed E-state index contributed by atoms with van der Waals surface area (Å²) in [5, 5.41) is 0. The highest BCUT2D eigenvalue weighted by Gasteiger charge is 2.25. The highest BCUT2D eigenvalue weighted by atomic mass is 19.4. The fraction of sp³-hybridized carbons (Fsp3) is 0.455. The van der Waals surface area contributed by atoms with Crippen LogP contribution < -0.4 is 5.73 Å². The number of anilines is 1. The van der Waals surface area contributed by atoms with Gasteiger partial charge in [0.15, 0.2) is 0 Å². The molecule has 0 unspecified atom stereocenters. The average molecular weight is 251 g/mol. The van der Waals surface area contributed by atoms with E-state index >= 15 is 0 Å². The molecule has 17 heavy (non-hydrogen) atoms. The minimum absolute atomic E-state index is 0.0761. The van der Waals surface area contributed by atoms with Crippen LogP contribution in [0, 0.1) is 5.82 Å². The molecule has 0 amide bonds. The van der Waals surface area contributed by atoms with E-state index in [0.717, 1.165) is 0 Å². The van der Waals surface area contributed by atoms with Gasteiger partial charge in [0.05, 0.1) is 6.61 Å². The van der Waals surface area contributed by atoms with Crippen LogP contribution in [-0.2, 0) is 11.3 Å². The first-order valence-electron chi connectivity index (χ1n) is 5.07. The number of nitrogens with two attached hydrogens (primary N) is 1. The molecule has 1 aromatic rings. The fourth-order valence-corrected chi connectivity index (χ4v) is 1.28. The van der Waals surface area contributed by atoms with Gasteiger partial charge in [-0.15, -0.1) is 0 Å². The van der Waals surface area contributed by atoms with Crippen molar-refractivity contribution in [3.05, 3.63) is 29.6 Å². The molecule has 0 atom stereocenters. The Hall–Kier alpha value is -1.30. The predicted octanol–water partition coefficient (Wildman–Crippen LogP) is 3.27. The van der Waals surface area contributed by atoms with Crippen molar-refractivity contribution in [3.8, 4) is 0 Å². The topological polar surface area (TPSA) is 35.2 Å². The van der Waals surface area contributed by atoms with Gasteiger partial charge in [-0.05, 0) is 18.6 Å². The van der Waals surface area contributed by atoms with Crippen LogP contribution in [0.2, 0.25) is 0 Å². The summed E-state index contributed by atoms with van der Waals surface area (Å²) < 4.78 is 53.6. The normalized spacial score (nSPS) is 11.8. The van der Waals surface area contributed by atoms with Crippen LogP contribution in [0.3, 0.4) is 0 Å². The quantitative estimate of drug-likeness (QED) is 0.495. The average Bonchev–Trinajstić information content (AvgIpc) is 2.20. The van der Waals surface area contributed by atoms with E-state index in [0.29, 0.717) is 0 Å². The monoisotopic (exact) mass is 251 g/mol. The molecule has 0 fully saturated rings. The molecule has 2 nitrogen and oxygen atoms in total. The zero-order valence-corrected chi connectivity index (χ0v) is 9.06. The van der Waals surface area contributed by atoms with Crippen LogP contribution in [0.4, 0.5) is 23.2 Å². The molecule has 0 radical (unpaired) electrons. The number of hydrogen-bond acceptors (Lipinski definition) is 2. The molecule has 96 valence electrons. The van der Waals surface area contributed by atoms with E-state index in [4.69, 9.17) is 10.5 Å². The third kappa shape index (κ3) is 5.04. The van der Waals surface area contributed by atoms with E-state index in [2.05, 4.69) is 0 Å². The maximum absolute atomic E-state index is 13.2. The summed E-state index contributed by atoms with van der Waals surface area (Å²) in [6, 6.07) is 4.19. The van der Waals surface area contributed by atoms with Gasteiger partial charge in [0.1, 0.15) is 5.82 Å². The van der Waals surface area contributed by atoms with Gasteiger partial charge in [-0.25, -0.2) is 4.39 Å². The lowest BCUT2D eigenvalue weighted by molar-refractivity contribution is -0.138. The Morgan fingerprint density at radius 2 is 1.94 bits per heavy atom. The Balaban J connectivity index is 2.32. The fourth-order valence-electron chi connectivity index (χ4n) is 1.28. The molecular formula is C11H13F4NO. The van der Waals surface area contributed by atoms with Crippen molar-refractivity contribution in [1.29, 1.82) is 0 Å². The molecule has 0 heterocycles. The van der Waals surface area contributed by atoms with Crippen molar-refractivity contribution in [1.82, 2.24) is 0 Å². The molecule has 0 saturated heterocycles. The Kier molecular flexibility index (Phi) is 4.74. The minimum Gasteiger partial charge on any atom is -0.398 e. The molecule has 1 rings (SSSR count). The molecule has 0 aliphatic carbocycles. The predicted molar refractivity (Wildman–Crippen MR) is 55.8 cm³/mol. The zero-order chi connectivity index (χ0) is 12.9. The highest BCUT2D eigenvalue weighted by Crippen LogP contribution is 2.21. The number of benzene rings is 1. The zero-order valence-electron chi connectivity index (χ0n) is 9.06. The Morgan fingerprint density at radius 1 is 1.24 bits per heavy atom. The summed E-state index contributed by atoms with van der Waals surface area (Å²) in [4.78, 5) is 0. The lowest BCUT2D eigenvalue weighted by Crippen LogP contribution is -2.09. The number of hydrogen-bond donors (Lipinski definition) is 1. The summed E-state index contributed by atoms with van der Waals surface area (Å²) >= 11 is 0. The van der Waals surface area contributed by atoms with Gasteiger partial charge in [-0.2, -0.15) is 13.2 Å². The standard InChI is InChI=1S/C11H13F4NO/c12-9-3-1-4-10(16)8(9)7-17-6-2-5-11(13,14)15/h1,3-4H,2,5-7,16H2. The van der Waals surface area contributed by atoms with Gasteiger partial charge in [-0.1, -0.05) is 6.07 Å². The minimum atomic E-state index is -4.18. The smallest absolute Gasteiger partial charge is 0.389 e. The van der Waals surface area contributed by atoms with E-state index < -0.39 is 18.4 Å². The van der Waals surface area contributed by atoms with E-state index in [9.17, 15) is 17.6 Å². The third-order valence-corrected chi connectivity index (χ3v) is 2.15. The second kappa shape index (κ2) is 5.86. The number of nitrogen functional groups attached to an aromatic ring is 1. The van der Waals surface area contributed by atoms with E-state index in [1.807, 2.05) is 0 Å². The third-order valence-electron chi connectivity index (χ3n) is 2.15. The lowest BCUT2D eigenvalue weighted by atomic mass is 10.2. The summed E-state index contributed by atoms with van der Waals surface area (Å²) in [6.45, 7) is -0.191. The first kappa shape index (κ1) is 13.8. The molecule has 0 saturated carbocycles. The molecule has 6 heteroatoms. The second-order valence-corrected chi connectivity index (χ2v) is 3.58. The number of halogens is 4. The molecule has 1 aromatic carbocycles. The summed E-state index contributed by atoms with van der Waals surface area (Å²) in [6.07, 6.45) is -5.22. The van der Waals surface area contributed by atoms with Crippen molar-refractivity contribution in [2.24, 2.45) is 0 Å². The van der Waals surface area contributed by atoms with Crippen LogP contribution in [0.1, 0.15) is 18.4 Å². The second-order valence-electron chi connectivity index (χ2n) is 3.58. The van der Waals surface area contributed by atoms with Gasteiger partial charge in [0.25, 0.3) is 0 Å². The molecule has 0 bridgehead atoms. The summed E-state index contributed by atoms with van der Waals surface area (Å²) in [5.41, 5.74) is 5.92. The van der Waals surface area contributed by atoms with Crippen molar-refractivity contribution < 1.29 is 22.3 Å². The van der Waals surface area contributed by atoms with Crippen molar-refractivity contribution in [2.75, 3.05) is 12.3 Å². The van der Waals surface area contributed by atoms with Gasteiger partial charge in [0.2, 0.25) is 0 Å². The SMILES string of the molecule is Nc1cccc(F)c1COCCCC(F)(F)F. The van der Waals surface area contributed by atoms with Crippen LogP contribution in [0.15, 0.2) is 18.2 Å². The molecule has 0 aromatic heterocycles. The molecule has 0 aliphatic rings. The van der Waals surface area contributed by atoms with Crippen molar-refractivity contribution >= 4 is 5.69 Å². The number of alkyl halides is 3. The van der Waals surface area contributed by atoms with E-state index in [1.165, 1.54) is 18.2 Å². The van der Waals surface area contributed by atoms with Gasteiger partial charge in [-0.3, -0.25) is 0 Å². The lowest BCUT2D eigenvalue weighted by Gasteiger charge is -2.09. The molecular weight excluding hydrogens is 238 g/mol. The van der Waals surface area contributed by atoms with E-state index in [1.54, 1.807) is 0 Å². The van der Waals surface area contributed by atoms with Crippen LogP contribution in [-0.4, -0.2) is 12.8 Å². The summed E-state index contributed by atoms with van der Waals surface area (Å²) in [5.74, 6) is -0.513. The molecule has 0 aliphatic heterocycles. The number of ether oxygens (including phenoxy) is 1. The number of rotatable bonds is 5. The van der Waals surface area contributed by atoms with E-state index in [-0.39, 0.29) is 30.9 Å². The highest BCUT2D eigenvalue weighted by molar-refractivity contribution is 5.46. The first-order chi connectivity index (χ1) is 7.90. The maximum Gasteiger partial charge on any atom is 0.389 e. The van der Waals surface area contributed by atoms with Crippen LogP contribution in [0.25, 0.3) is 0 Å². The molecule has 0 spiro atoms.